The highest BCUT2D eigenvalue weighted by Gasteiger charge is 1.91. The molecule has 0 radical (unpaired) electrons. The number of unbranched alkanes of at least 4 members (excludes halogenated alkanes) is 1. The molecule has 0 amide bonds. The molecule has 0 aliphatic heterocycles. The molecular formula is C10H26N8. The van der Waals surface area contributed by atoms with Gasteiger partial charge in [0.05, 0.1) is 0 Å². The lowest BCUT2D eigenvalue weighted by atomic mass is 10.3. The fourth-order valence-corrected chi connectivity index (χ4v) is 1.45. The van der Waals surface area contributed by atoms with Crippen LogP contribution >= 0.6 is 0 Å². The third-order valence-electron chi connectivity index (χ3n) is 2.40. The van der Waals surface area contributed by atoms with Crippen molar-refractivity contribution in [1.29, 1.82) is 11.1 Å². The summed E-state index contributed by atoms with van der Waals surface area (Å²) >= 11 is 0. The summed E-state index contributed by atoms with van der Waals surface area (Å²) in [6.45, 7) is 5.54. The predicted octanol–water partition coefficient (Wildman–Crippen LogP) is 0.797. The summed E-state index contributed by atoms with van der Waals surface area (Å²) in [4.78, 5) is 0. The minimum Gasteiger partial charge on any atom is -0.317 e. The third kappa shape index (κ3) is 14.7. The Bertz CT molecular complexity index is 167. The van der Waals surface area contributed by atoms with E-state index in [4.69, 9.17) is 11.1 Å². The molecule has 0 aromatic heterocycles. The van der Waals surface area contributed by atoms with Gasteiger partial charge in [-0.25, -0.2) is 0 Å². The second kappa shape index (κ2) is 15.7. The number of nitrogens with zero attached hydrogens (tertiary/aromatic N) is 2. The lowest BCUT2D eigenvalue weighted by Crippen LogP contribution is -2.23. The Hall–Kier alpha value is -1.28. The average Bonchev–Trinajstić information content (AvgIpc) is 2.39. The maximum Gasteiger partial charge on any atom is 0.0358 e. The molecule has 0 saturated heterocycles. The van der Waals surface area contributed by atoms with Gasteiger partial charge in [0.1, 0.15) is 0 Å². The Morgan fingerprint density at radius 2 is 0.944 bits per heavy atom. The zero-order valence-electron chi connectivity index (χ0n) is 11.0. The molecule has 106 valence electrons. The molecule has 6 N–H and O–H groups in total. The van der Waals surface area contributed by atoms with Gasteiger partial charge in [-0.1, -0.05) is 10.4 Å². The molecule has 0 atom stereocenters. The first-order valence-electron chi connectivity index (χ1n) is 6.52. The van der Waals surface area contributed by atoms with Crippen LogP contribution in [0.1, 0.15) is 25.7 Å². The lowest BCUT2D eigenvalue weighted by Gasteiger charge is -2.06. The SMILES string of the molecule is N=NNCCCNCCCCNCCCNN=N. The Labute approximate surface area is 109 Å². The monoisotopic (exact) mass is 258 g/mol. The Morgan fingerprint density at radius 3 is 1.33 bits per heavy atom. The topological polar surface area (TPSA) is 121 Å². The van der Waals surface area contributed by atoms with Crippen molar-refractivity contribution in [3.05, 3.63) is 0 Å². The number of hydrogen-bond acceptors (Lipinski definition) is 6. The fraction of sp³-hybridized carbons (Fsp3) is 1.00. The van der Waals surface area contributed by atoms with Gasteiger partial charge in [-0.3, -0.25) is 10.9 Å². The summed E-state index contributed by atoms with van der Waals surface area (Å²) in [6.07, 6.45) is 4.33. The zero-order valence-corrected chi connectivity index (χ0v) is 11.0. The second-order valence-electron chi connectivity index (χ2n) is 3.95. The molecule has 0 aromatic rings. The normalized spacial score (nSPS) is 10.0. The first-order chi connectivity index (χ1) is 8.91. The molecule has 8 heteroatoms. The minimum atomic E-state index is 0.761. The van der Waals surface area contributed by atoms with Gasteiger partial charge in [0.2, 0.25) is 0 Å². The van der Waals surface area contributed by atoms with Crippen molar-refractivity contribution in [2.24, 2.45) is 10.4 Å². The van der Waals surface area contributed by atoms with Crippen LogP contribution in [-0.2, 0) is 0 Å². The first-order valence-corrected chi connectivity index (χ1v) is 6.52. The highest BCUT2D eigenvalue weighted by Crippen LogP contribution is 1.85. The predicted molar refractivity (Wildman–Crippen MR) is 70.5 cm³/mol. The van der Waals surface area contributed by atoms with E-state index in [0.29, 0.717) is 0 Å². The highest BCUT2D eigenvalue weighted by atomic mass is 15.4. The van der Waals surface area contributed by atoms with Crippen LogP contribution in [0.15, 0.2) is 10.4 Å². The van der Waals surface area contributed by atoms with E-state index in [1.165, 1.54) is 12.8 Å². The van der Waals surface area contributed by atoms with Crippen molar-refractivity contribution < 1.29 is 0 Å². The fourth-order valence-electron chi connectivity index (χ4n) is 1.45. The van der Waals surface area contributed by atoms with Crippen molar-refractivity contribution in [2.45, 2.75) is 25.7 Å². The summed E-state index contributed by atoms with van der Waals surface area (Å²) in [5, 5.41) is 12.8. The average molecular weight is 258 g/mol. The molecule has 0 aromatic carbocycles. The van der Waals surface area contributed by atoms with Crippen LogP contribution < -0.4 is 21.5 Å². The maximum atomic E-state index is 6.53. The van der Waals surface area contributed by atoms with Gasteiger partial charge in [-0.05, 0) is 51.9 Å². The van der Waals surface area contributed by atoms with Gasteiger partial charge >= 0.3 is 0 Å². The molecular weight excluding hydrogens is 232 g/mol. The van der Waals surface area contributed by atoms with Crippen LogP contribution in [0.25, 0.3) is 0 Å². The van der Waals surface area contributed by atoms with E-state index in [2.05, 4.69) is 31.9 Å². The van der Waals surface area contributed by atoms with Crippen LogP contribution in [0.4, 0.5) is 0 Å². The van der Waals surface area contributed by atoms with Crippen LogP contribution in [-0.4, -0.2) is 39.3 Å². The Balaban J connectivity index is 2.90. The van der Waals surface area contributed by atoms with Gasteiger partial charge in [-0.15, -0.1) is 0 Å². The van der Waals surface area contributed by atoms with Crippen molar-refractivity contribution in [1.82, 2.24) is 21.5 Å². The van der Waals surface area contributed by atoms with Crippen molar-refractivity contribution in [2.75, 3.05) is 39.3 Å². The molecule has 0 fully saturated rings. The molecule has 0 spiro atoms. The molecule has 0 saturated carbocycles. The molecule has 0 rings (SSSR count). The van der Waals surface area contributed by atoms with E-state index < -0.39 is 0 Å². The standard InChI is InChI=1S/C10H26N8/c11-17-15-9-3-7-13-5-1-2-6-14-8-4-10-16-18-12/h13-14H,1-10H2,(H2,11,15)(H2,12,16). The largest absolute Gasteiger partial charge is 0.317 e. The second-order valence-corrected chi connectivity index (χ2v) is 3.95. The molecule has 0 aliphatic rings. The maximum absolute atomic E-state index is 6.53. The minimum absolute atomic E-state index is 0.761. The lowest BCUT2D eigenvalue weighted by molar-refractivity contribution is 0.545. The van der Waals surface area contributed by atoms with E-state index in [9.17, 15) is 0 Å². The number of nitrogens with one attached hydrogen (secondary N) is 6. The van der Waals surface area contributed by atoms with Crippen molar-refractivity contribution in [3.63, 3.8) is 0 Å². The smallest absolute Gasteiger partial charge is 0.0358 e. The number of rotatable bonds is 15. The highest BCUT2D eigenvalue weighted by molar-refractivity contribution is 4.53. The van der Waals surface area contributed by atoms with E-state index in [1.807, 2.05) is 0 Å². The van der Waals surface area contributed by atoms with Gasteiger partial charge in [0.15, 0.2) is 0 Å². The van der Waals surface area contributed by atoms with Crippen molar-refractivity contribution in [3.8, 4) is 0 Å². The molecule has 8 nitrogen and oxygen atoms in total. The third-order valence-corrected chi connectivity index (χ3v) is 2.40. The molecule has 0 bridgehead atoms. The van der Waals surface area contributed by atoms with Gasteiger partial charge in [0.25, 0.3) is 0 Å². The van der Waals surface area contributed by atoms with Crippen LogP contribution in [0.5, 0.6) is 0 Å². The first kappa shape index (κ1) is 16.7. The van der Waals surface area contributed by atoms with Gasteiger partial charge in [0, 0.05) is 13.1 Å². The number of hydrogen-bond donors (Lipinski definition) is 6. The van der Waals surface area contributed by atoms with E-state index >= 15 is 0 Å². The Kier molecular flexibility index (Phi) is 14.6. The summed E-state index contributed by atoms with van der Waals surface area (Å²) in [6, 6.07) is 0. The van der Waals surface area contributed by atoms with Gasteiger partial charge < -0.3 is 10.6 Å². The summed E-state index contributed by atoms with van der Waals surface area (Å²) in [5.41, 5.74) is 18.3. The molecule has 0 heterocycles. The summed E-state index contributed by atoms with van der Waals surface area (Å²) in [7, 11) is 0. The zero-order chi connectivity index (χ0) is 13.3. The summed E-state index contributed by atoms with van der Waals surface area (Å²) in [5.74, 6) is 0. The van der Waals surface area contributed by atoms with Crippen molar-refractivity contribution >= 4 is 0 Å². The van der Waals surface area contributed by atoms with E-state index in [-0.39, 0.29) is 0 Å². The van der Waals surface area contributed by atoms with Gasteiger partial charge in [-0.2, -0.15) is 11.1 Å². The molecule has 0 unspecified atom stereocenters. The Morgan fingerprint density at radius 1 is 0.556 bits per heavy atom. The summed E-state index contributed by atoms with van der Waals surface area (Å²) < 4.78 is 0. The van der Waals surface area contributed by atoms with Crippen LogP contribution in [0, 0.1) is 11.1 Å². The quantitative estimate of drug-likeness (QED) is 0.148. The van der Waals surface area contributed by atoms with Crippen LogP contribution in [0.2, 0.25) is 0 Å². The molecule has 0 aliphatic carbocycles. The molecule has 18 heavy (non-hydrogen) atoms. The van der Waals surface area contributed by atoms with E-state index in [1.54, 1.807) is 0 Å². The van der Waals surface area contributed by atoms with E-state index in [0.717, 1.165) is 52.1 Å². The van der Waals surface area contributed by atoms with Crippen LogP contribution in [0.3, 0.4) is 0 Å².